The Hall–Kier alpha value is -9.30. The summed E-state index contributed by atoms with van der Waals surface area (Å²) in [5.74, 6) is 0. The Kier molecular flexibility index (Phi) is 8.32. The molecular formula is C74H47N. The maximum Gasteiger partial charge on any atom is 0.0446 e. The molecule has 75 heavy (non-hydrogen) atoms. The summed E-state index contributed by atoms with van der Waals surface area (Å²) in [6, 6.07) is 85.5. The molecule has 0 aliphatic heterocycles. The zero-order valence-electron chi connectivity index (χ0n) is 41.7. The Bertz CT molecular complexity index is 4770. The Balaban J connectivity index is 1.04. The summed E-state index contributed by atoms with van der Waals surface area (Å²) in [5, 5.41) is 26.6. The van der Waals surface area contributed by atoms with Crippen molar-refractivity contribution in [2.45, 2.75) is 13.8 Å². The molecule has 0 atom stereocenters. The molecule has 348 valence electrons. The van der Waals surface area contributed by atoms with E-state index in [0.717, 1.165) is 13.1 Å². The molecule has 0 spiro atoms. The van der Waals surface area contributed by atoms with E-state index in [4.69, 9.17) is 0 Å². The summed E-state index contributed by atoms with van der Waals surface area (Å²) in [6.45, 7) is 6.47. The molecule has 0 saturated heterocycles. The lowest BCUT2D eigenvalue weighted by atomic mass is 9.82. The predicted octanol–water partition coefficient (Wildman–Crippen LogP) is 20.7. The van der Waals surface area contributed by atoms with Crippen molar-refractivity contribution in [3.8, 4) is 66.8 Å². The topological polar surface area (TPSA) is 3.24 Å². The normalized spacial score (nSPS) is 12.5. The van der Waals surface area contributed by atoms with Gasteiger partial charge in [-0.15, -0.1) is 0 Å². The first-order valence-corrected chi connectivity index (χ1v) is 26.8. The van der Waals surface area contributed by atoms with Gasteiger partial charge in [-0.3, -0.25) is 0 Å². The van der Waals surface area contributed by atoms with Gasteiger partial charge in [-0.25, -0.2) is 0 Å². The van der Waals surface area contributed by atoms with Crippen molar-refractivity contribution in [3.05, 3.63) is 224 Å². The van der Waals surface area contributed by atoms with E-state index in [9.17, 15) is 0 Å². The molecule has 1 nitrogen and oxygen atoms in total. The molecule has 0 saturated carbocycles. The number of benzene rings is 14. The zero-order chi connectivity index (χ0) is 49.2. The van der Waals surface area contributed by atoms with Crippen molar-refractivity contribution < 1.29 is 0 Å². The van der Waals surface area contributed by atoms with E-state index in [1.165, 1.54) is 180 Å². The number of fused-ring (bicyclic) bond motifs is 12. The first-order valence-electron chi connectivity index (χ1n) is 26.8. The molecule has 16 aromatic carbocycles. The van der Waals surface area contributed by atoms with Gasteiger partial charge in [-0.05, 0) is 189 Å². The molecule has 16 aromatic rings. The molecule has 0 bridgehead atoms. The Morgan fingerprint density at radius 2 is 0.533 bits per heavy atom. The van der Waals surface area contributed by atoms with E-state index < -0.39 is 0 Å². The van der Waals surface area contributed by atoms with Gasteiger partial charge < -0.3 is 4.90 Å². The minimum atomic E-state index is 0.961. The summed E-state index contributed by atoms with van der Waals surface area (Å²) in [7, 11) is 0. The van der Waals surface area contributed by atoms with Gasteiger partial charge >= 0.3 is 0 Å². The maximum atomic E-state index is 2.51. The predicted molar refractivity (Wildman–Crippen MR) is 325 cm³/mol. The van der Waals surface area contributed by atoms with Crippen molar-refractivity contribution >= 4 is 113 Å². The van der Waals surface area contributed by atoms with Crippen LogP contribution in [0.1, 0.15) is 13.8 Å². The number of nitrogens with zero attached hydrogens (tertiary/aromatic N) is 1. The SMILES string of the molecule is CCN(CC)c1ccc2c3c(-c4ccccc4)c4c5ccc6c7ccc8c9c(ccc(c%10ccc(c4c(-c4ccccc4)c3c3cccc1c32)c5c%106)c97)-c1c-8c(-c2ccccc2)c2ccccc2c1-c1ccccc1. The average Bonchev–Trinajstić information content (AvgIpc) is 4.33. The third kappa shape index (κ3) is 5.22. The van der Waals surface area contributed by atoms with Gasteiger partial charge in [0.15, 0.2) is 0 Å². The van der Waals surface area contributed by atoms with Crippen LogP contribution in [-0.4, -0.2) is 13.1 Å². The van der Waals surface area contributed by atoms with Crippen molar-refractivity contribution in [2.75, 3.05) is 18.0 Å². The molecule has 0 aromatic heterocycles. The summed E-state index contributed by atoms with van der Waals surface area (Å²) in [6.07, 6.45) is 0. The average molecular weight is 950 g/mol. The molecule has 1 aliphatic rings. The highest BCUT2D eigenvalue weighted by Gasteiger charge is 2.34. The molecule has 1 heteroatoms. The fourth-order valence-corrected chi connectivity index (χ4v) is 14.8. The second kappa shape index (κ2) is 15.1. The van der Waals surface area contributed by atoms with Crippen LogP contribution in [0.3, 0.4) is 0 Å². The third-order valence-electron chi connectivity index (χ3n) is 17.6. The van der Waals surface area contributed by atoms with E-state index in [0.29, 0.717) is 0 Å². The fraction of sp³-hybridized carbons (Fsp3) is 0.0541. The second-order valence-electron chi connectivity index (χ2n) is 20.9. The fourth-order valence-electron chi connectivity index (χ4n) is 14.8. The van der Waals surface area contributed by atoms with E-state index >= 15 is 0 Å². The largest absolute Gasteiger partial charge is 0.372 e. The monoisotopic (exact) mass is 949 g/mol. The van der Waals surface area contributed by atoms with Crippen LogP contribution in [0.4, 0.5) is 5.69 Å². The molecule has 0 amide bonds. The molecule has 0 radical (unpaired) electrons. The lowest BCUT2D eigenvalue weighted by Crippen LogP contribution is -2.21. The van der Waals surface area contributed by atoms with Gasteiger partial charge in [0.2, 0.25) is 0 Å². The van der Waals surface area contributed by atoms with Gasteiger partial charge in [0.1, 0.15) is 0 Å². The van der Waals surface area contributed by atoms with Crippen molar-refractivity contribution in [1.29, 1.82) is 0 Å². The highest BCUT2D eigenvalue weighted by Crippen LogP contribution is 2.62. The van der Waals surface area contributed by atoms with Crippen LogP contribution < -0.4 is 4.90 Å². The van der Waals surface area contributed by atoms with E-state index in [2.05, 4.69) is 243 Å². The first-order chi connectivity index (χ1) is 37.2. The highest BCUT2D eigenvalue weighted by atomic mass is 15.1. The van der Waals surface area contributed by atoms with Crippen LogP contribution in [0.5, 0.6) is 0 Å². The zero-order valence-corrected chi connectivity index (χ0v) is 41.7. The summed E-state index contributed by atoms with van der Waals surface area (Å²) in [4.78, 5) is 2.51. The van der Waals surface area contributed by atoms with E-state index in [-0.39, 0.29) is 0 Å². The smallest absolute Gasteiger partial charge is 0.0446 e. The van der Waals surface area contributed by atoms with Gasteiger partial charge in [-0.2, -0.15) is 0 Å². The highest BCUT2D eigenvalue weighted by molar-refractivity contribution is 6.50. The van der Waals surface area contributed by atoms with Gasteiger partial charge in [-0.1, -0.05) is 218 Å². The lowest BCUT2D eigenvalue weighted by molar-refractivity contribution is 0.871. The number of hydrogen-bond donors (Lipinski definition) is 0. The van der Waals surface area contributed by atoms with Crippen molar-refractivity contribution in [1.82, 2.24) is 0 Å². The van der Waals surface area contributed by atoms with E-state index in [1.54, 1.807) is 0 Å². The molecule has 0 N–H and O–H groups in total. The number of anilines is 1. The van der Waals surface area contributed by atoms with Crippen LogP contribution in [-0.2, 0) is 0 Å². The molecule has 17 rings (SSSR count). The standard InChI is InChI=1S/C74H47N/c1-3-75(4-2)59-41-40-54-64-52(59)30-19-31-53(64)71-62(44-24-13-7-14-25-44)73-57-38-34-50-48-32-36-55-67-56(70-61(43-22-11-6-12-23-43)47-29-18-17-28-46(47)60(69(55)70)42-20-9-5-10-21-42)37-33-49(65(48)67)51-35-39-58(68(57)66(50)51)74(73)63(72(54)71)45-26-15-8-16-27-45/h5-41H,3-4H2,1-2H3. The number of rotatable bonds is 7. The van der Waals surface area contributed by atoms with Gasteiger partial charge in [0, 0.05) is 24.2 Å². The quantitative estimate of drug-likeness (QED) is 0.114. The Labute approximate surface area is 434 Å². The summed E-state index contributed by atoms with van der Waals surface area (Å²) >= 11 is 0. The first kappa shape index (κ1) is 41.2. The van der Waals surface area contributed by atoms with Crippen LogP contribution in [0.15, 0.2) is 224 Å². The molecule has 0 unspecified atom stereocenters. The Morgan fingerprint density at radius 1 is 0.213 bits per heavy atom. The van der Waals surface area contributed by atoms with Gasteiger partial charge in [0.05, 0.1) is 0 Å². The molecule has 0 fully saturated rings. The van der Waals surface area contributed by atoms with Crippen molar-refractivity contribution in [2.24, 2.45) is 0 Å². The maximum absolute atomic E-state index is 2.51. The van der Waals surface area contributed by atoms with Crippen molar-refractivity contribution in [3.63, 3.8) is 0 Å². The number of hydrogen-bond acceptors (Lipinski definition) is 1. The van der Waals surface area contributed by atoms with Crippen LogP contribution >= 0.6 is 0 Å². The van der Waals surface area contributed by atoms with Crippen LogP contribution in [0, 0.1) is 0 Å². The summed E-state index contributed by atoms with van der Waals surface area (Å²) < 4.78 is 0. The van der Waals surface area contributed by atoms with E-state index in [1.807, 2.05) is 0 Å². The van der Waals surface area contributed by atoms with Gasteiger partial charge in [0.25, 0.3) is 0 Å². The second-order valence-corrected chi connectivity index (χ2v) is 20.9. The lowest BCUT2D eigenvalue weighted by Gasteiger charge is -2.23. The Morgan fingerprint density at radius 3 is 0.987 bits per heavy atom. The summed E-state index contributed by atoms with van der Waals surface area (Å²) in [5.41, 5.74) is 16.9. The third-order valence-corrected chi connectivity index (χ3v) is 17.6. The molecule has 0 heterocycles. The minimum absolute atomic E-state index is 0.961. The van der Waals surface area contributed by atoms with Crippen LogP contribution in [0.2, 0.25) is 0 Å². The molecular weight excluding hydrogens is 903 g/mol. The minimum Gasteiger partial charge on any atom is -0.372 e. The molecule has 1 aliphatic carbocycles. The van der Waals surface area contributed by atoms with Crippen LogP contribution in [0.25, 0.3) is 174 Å².